The van der Waals surface area contributed by atoms with E-state index in [1.807, 2.05) is 54.6 Å². The lowest BCUT2D eigenvalue weighted by Gasteiger charge is -2.24. The minimum atomic E-state index is -0.815. The van der Waals surface area contributed by atoms with Gasteiger partial charge in [0.25, 0.3) is 5.56 Å². The van der Waals surface area contributed by atoms with Gasteiger partial charge in [-0.3, -0.25) is 9.36 Å². The van der Waals surface area contributed by atoms with Crippen LogP contribution in [0, 0.1) is 0 Å². The zero-order valence-electron chi connectivity index (χ0n) is 22.4. The van der Waals surface area contributed by atoms with Crippen LogP contribution in [0.3, 0.4) is 0 Å². The number of methoxy groups -OCH3 is 1. The number of carbonyl (C=O) groups excluding carboxylic acids is 2. The highest BCUT2D eigenvalue weighted by atomic mass is 32.1. The second-order valence-electron chi connectivity index (χ2n) is 9.07. The molecule has 9 heteroatoms. The molecule has 1 atom stereocenters. The van der Waals surface area contributed by atoms with Crippen molar-refractivity contribution in [3.8, 4) is 11.5 Å². The van der Waals surface area contributed by atoms with Crippen molar-refractivity contribution in [3.05, 3.63) is 139 Å². The monoisotopic (exact) mass is 566 g/mol. The summed E-state index contributed by atoms with van der Waals surface area (Å²) in [7, 11) is 1.30. The zero-order chi connectivity index (χ0) is 28.9. The van der Waals surface area contributed by atoms with Crippen LogP contribution in [0.15, 0.2) is 113 Å². The highest BCUT2D eigenvalue weighted by Gasteiger charge is 2.33. The predicted octanol–water partition coefficient (Wildman–Crippen LogP) is 4.54. The van der Waals surface area contributed by atoms with E-state index in [1.54, 1.807) is 37.3 Å². The van der Waals surface area contributed by atoms with Gasteiger partial charge in [-0.1, -0.05) is 66.5 Å². The molecule has 206 valence electrons. The number of fused-ring (bicyclic) bond motifs is 1. The van der Waals surface area contributed by atoms with Crippen LogP contribution in [0.25, 0.3) is 6.08 Å². The first-order chi connectivity index (χ1) is 19.9. The number of para-hydroxylation sites is 1. The van der Waals surface area contributed by atoms with Crippen molar-refractivity contribution in [1.82, 2.24) is 4.57 Å². The van der Waals surface area contributed by atoms with Crippen molar-refractivity contribution < 1.29 is 23.8 Å². The summed E-state index contributed by atoms with van der Waals surface area (Å²) in [5.74, 6) is 0.238. The van der Waals surface area contributed by atoms with Gasteiger partial charge < -0.3 is 14.2 Å². The van der Waals surface area contributed by atoms with Crippen LogP contribution in [0.5, 0.6) is 11.5 Å². The molecule has 0 aliphatic carbocycles. The topological polar surface area (TPSA) is 96.2 Å². The number of nitrogens with zero attached hydrogens (tertiary/aromatic N) is 2. The predicted molar refractivity (Wildman–Crippen MR) is 156 cm³/mol. The molecule has 0 amide bonds. The van der Waals surface area contributed by atoms with Crippen LogP contribution in [0.2, 0.25) is 0 Å². The molecule has 3 aromatic carbocycles. The van der Waals surface area contributed by atoms with Gasteiger partial charge in [0.1, 0.15) is 18.1 Å². The van der Waals surface area contributed by atoms with Crippen molar-refractivity contribution in [2.24, 2.45) is 4.99 Å². The van der Waals surface area contributed by atoms with E-state index in [9.17, 15) is 14.4 Å². The van der Waals surface area contributed by atoms with Gasteiger partial charge >= 0.3 is 11.9 Å². The Morgan fingerprint density at radius 1 is 1.00 bits per heavy atom. The zero-order valence-corrected chi connectivity index (χ0v) is 23.2. The van der Waals surface area contributed by atoms with E-state index in [0.29, 0.717) is 37.7 Å². The van der Waals surface area contributed by atoms with Crippen molar-refractivity contribution >= 4 is 29.4 Å². The van der Waals surface area contributed by atoms with E-state index < -0.39 is 18.0 Å². The quantitative estimate of drug-likeness (QED) is 0.230. The molecule has 8 nitrogen and oxygen atoms in total. The molecule has 1 aromatic heterocycles. The molecule has 41 heavy (non-hydrogen) atoms. The van der Waals surface area contributed by atoms with Gasteiger partial charge in [0, 0.05) is 0 Å². The molecule has 0 fully saturated rings. The van der Waals surface area contributed by atoms with E-state index in [0.717, 1.165) is 5.56 Å². The number of hydrogen-bond donors (Lipinski definition) is 0. The average Bonchev–Trinajstić information content (AvgIpc) is 3.29. The fourth-order valence-electron chi connectivity index (χ4n) is 4.47. The molecular formula is C32H26N2O6S. The number of aromatic nitrogens is 1. The van der Waals surface area contributed by atoms with Crippen LogP contribution in [0.1, 0.15) is 34.5 Å². The summed E-state index contributed by atoms with van der Waals surface area (Å²) < 4.78 is 18.0. The molecule has 4 aromatic rings. The third kappa shape index (κ3) is 5.80. The Labute approximate surface area is 239 Å². The molecule has 0 saturated carbocycles. The molecule has 1 aliphatic heterocycles. The number of rotatable bonds is 8. The number of hydrogen-bond acceptors (Lipinski definition) is 8. The third-order valence-corrected chi connectivity index (χ3v) is 7.34. The first-order valence-corrected chi connectivity index (χ1v) is 13.5. The number of carbonyl (C=O) groups is 2. The standard InChI is InChI=1S/C32H26N2O6S/c1-4-17-39-31(37)27-20(2)33-32-34(28(27)22-13-15-23(16-14-22)30(36)38-3)29(35)26(41-32)19-21-9-8-12-25(18-21)40-24-10-6-5-7-11-24/h4-16,18-19,28H,1,17H2,2-3H3. The molecule has 1 aliphatic rings. The second kappa shape index (κ2) is 12.0. The lowest BCUT2D eigenvalue weighted by atomic mass is 9.95. The number of thiazole rings is 1. The lowest BCUT2D eigenvalue weighted by Crippen LogP contribution is -2.40. The Hall–Kier alpha value is -5.02. The summed E-state index contributed by atoms with van der Waals surface area (Å²) >= 11 is 1.22. The van der Waals surface area contributed by atoms with Crippen LogP contribution < -0.4 is 19.6 Å². The van der Waals surface area contributed by atoms with Gasteiger partial charge in [-0.2, -0.15) is 0 Å². The maximum absolute atomic E-state index is 13.9. The third-order valence-electron chi connectivity index (χ3n) is 6.36. The smallest absolute Gasteiger partial charge is 0.338 e. The van der Waals surface area contributed by atoms with Gasteiger partial charge in [-0.05, 0) is 60.5 Å². The molecule has 0 radical (unpaired) electrons. The Kier molecular flexibility index (Phi) is 8.07. The van der Waals surface area contributed by atoms with Crippen molar-refractivity contribution in [2.75, 3.05) is 13.7 Å². The first-order valence-electron chi connectivity index (χ1n) is 12.7. The highest BCUT2D eigenvalue weighted by Crippen LogP contribution is 2.31. The van der Waals surface area contributed by atoms with Crippen molar-refractivity contribution in [2.45, 2.75) is 13.0 Å². The van der Waals surface area contributed by atoms with Crippen LogP contribution in [-0.4, -0.2) is 30.2 Å². The minimum Gasteiger partial charge on any atom is -0.465 e. The number of esters is 2. The Balaban J connectivity index is 1.60. The first kappa shape index (κ1) is 27.5. The maximum atomic E-state index is 13.9. The Morgan fingerprint density at radius 2 is 1.73 bits per heavy atom. The Morgan fingerprint density at radius 3 is 2.44 bits per heavy atom. The van der Waals surface area contributed by atoms with Crippen molar-refractivity contribution in [1.29, 1.82) is 0 Å². The van der Waals surface area contributed by atoms with Crippen LogP contribution in [-0.2, 0) is 14.3 Å². The lowest BCUT2D eigenvalue weighted by molar-refractivity contribution is -0.138. The number of benzene rings is 3. The number of allylic oxidation sites excluding steroid dienone is 1. The van der Waals surface area contributed by atoms with Gasteiger partial charge in [0.05, 0.1) is 34.5 Å². The molecule has 5 rings (SSSR count). The molecular weight excluding hydrogens is 540 g/mol. The average molecular weight is 567 g/mol. The van der Waals surface area contributed by atoms with Gasteiger partial charge in [-0.15, -0.1) is 0 Å². The van der Waals surface area contributed by atoms with E-state index in [-0.39, 0.29) is 17.7 Å². The Bertz CT molecular complexity index is 1840. The largest absolute Gasteiger partial charge is 0.465 e. The summed E-state index contributed by atoms with van der Waals surface area (Å²) in [6, 6.07) is 22.6. The minimum absolute atomic E-state index is 0.00935. The van der Waals surface area contributed by atoms with E-state index in [2.05, 4.69) is 11.6 Å². The highest BCUT2D eigenvalue weighted by molar-refractivity contribution is 7.07. The second-order valence-corrected chi connectivity index (χ2v) is 10.1. The molecule has 0 spiro atoms. The van der Waals surface area contributed by atoms with Gasteiger partial charge in [0.2, 0.25) is 0 Å². The normalized spacial score (nSPS) is 14.6. The number of ether oxygens (including phenoxy) is 3. The van der Waals surface area contributed by atoms with Crippen molar-refractivity contribution in [3.63, 3.8) is 0 Å². The van der Waals surface area contributed by atoms with E-state index in [1.165, 1.54) is 29.1 Å². The van der Waals surface area contributed by atoms with Gasteiger partial charge in [-0.25, -0.2) is 14.6 Å². The summed E-state index contributed by atoms with van der Waals surface area (Å²) in [6.07, 6.45) is 3.24. The molecule has 0 saturated heterocycles. The van der Waals surface area contributed by atoms with Crippen LogP contribution >= 0.6 is 11.3 Å². The fraction of sp³-hybridized carbons (Fsp3) is 0.125. The summed E-state index contributed by atoms with van der Waals surface area (Å²) in [5, 5.41) is 0. The molecule has 2 heterocycles. The summed E-state index contributed by atoms with van der Waals surface area (Å²) in [6.45, 7) is 5.32. The summed E-state index contributed by atoms with van der Waals surface area (Å²) in [5.41, 5.74) is 2.08. The molecule has 0 bridgehead atoms. The molecule has 1 unspecified atom stereocenters. The summed E-state index contributed by atoms with van der Waals surface area (Å²) in [4.78, 5) is 44.1. The van der Waals surface area contributed by atoms with Crippen LogP contribution in [0.4, 0.5) is 0 Å². The van der Waals surface area contributed by atoms with Gasteiger partial charge in [0.15, 0.2) is 4.80 Å². The molecule has 0 N–H and O–H groups in total. The van der Waals surface area contributed by atoms with E-state index in [4.69, 9.17) is 14.2 Å². The van der Waals surface area contributed by atoms with E-state index >= 15 is 0 Å². The fourth-order valence-corrected chi connectivity index (χ4v) is 5.52. The SMILES string of the molecule is C=CCOC(=O)C1=C(C)N=c2sc(=Cc3cccc(Oc4ccccc4)c3)c(=O)n2C1c1ccc(C(=O)OC)cc1. The maximum Gasteiger partial charge on any atom is 0.338 e.